The molecule has 3 saturated heterocycles. The fraction of sp³-hybridized carbons (Fsp3) is 0.607. The van der Waals surface area contributed by atoms with Crippen LogP contribution in [0.25, 0.3) is 5.69 Å². The first-order valence-corrected chi connectivity index (χ1v) is 13.7. The van der Waals surface area contributed by atoms with Crippen molar-refractivity contribution in [2.24, 2.45) is 5.92 Å². The second-order valence-electron chi connectivity index (χ2n) is 10.6. The van der Waals surface area contributed by atoms with Crippen molar-refractivity contribution < 1.29 is 9.59 Å². The van der Waals surface area contributed by atoms with Gasteiger partial charge in [0.2, 0.25) is 11.8 Å². The summed E-state index contributed by atoms with van der Waals surface area (Å²) < 4.78 is 1.92. The molecule has 3 aliphatic rings. The SMILES string of the molecule is CC(=O)Nc1c(C)nn(-c2ccccc2)c1N1CCC(C(=O)N2CCC(N3CCCCC3)CC2)CC1. The first kappa shape index (κ1) is 24.8. The number of para-hydroxylation sites is 1. The van der Waals surface area contributed by atoms with Crippen LogP contribution in [0.3, 0.4) is 0 Å². The summed E-state index contributed by atoms with van der Waals surface area (Å²) in [5.74, 6) is 1.21. The Morgan fingerprint density at radius 3 is 2.19 bits per heavy atom. The molecule has 0 radical (unpaired) electrons. The van der Waals surface area contributed by atoms with E-state index in [1.807, 2.05) is 41.9 Å². The van der Waals surface area contributed by atoms with Gasteiger partial charge in [0, 0.05) is 45.1 Å². The summed E-state index contributed by atoms with van der Waals surface area (Å²) >= 11 is 0. The van der Waals surface area contributed by atoms with Crippen molar-refractivity contribution >= 4 is 23.3 Å². The number of nitrogens with zero attached hydrogens (tertiary/aromatic N) is 5. The van der Waals surface area contributed by atoms with Crippen molar-refractivity contribution in [1.29, 1.82) is 0 Å². The lowest BCUT2D eigenvalue weighted by Crippen LogP contribution is -2.50. The van der Waals surface area contributed by atoms with Gasteiger partial charge in [-0.25, -0.2) is 4.68 Å². The quantitative estimate of drug-likeness (QED) is 0.687. The van der Waals surface area contributed by atoms with Crippen LogP contribution in [0.15, 0.2) is 30.3 Å². The average Bonchev–Trinajstić information content (AvgIpc) is 3.24. The Morgan fingerprint density at radius 1 is 0.889 bits per heavy atom. The largest absolute Gasteiger partial charge is 0.355 e. The predicted molar refractivity (Wildman–Crippen MR) is 143 cm³/mol. The second-order valence-corrected chi connectivity index (χ2v) is 10.6. The molecule has 0 saturated carbocycles. The number of rotatable bonds is 5. The third-order valence-corrected chi connectivity index (χ3v) is 8.16. The standard InChI is InChI=1S/C28H40N6O2/c1-21-26(29-22(2)35)27(34(30-21)25-9-5-3-6-10-25)32-17-11-23(12-18-32)28(36)33-19-13-24(14-20-33)31-15-7-4-8-16-31/h3,5-6,9-10,23-24H,4,7-8,11-20H2,1-2H3,(H,29,35). The summed E-state index contributed by atoms with van der Waals surface area (Å²) in [6.07, 6.45) is 7.88. The van der Waals surface area contributed by atoms with Crippen LogP contribution in [0.1, 0.15) is 57.6 Å². The van der Waals surface area contributed by atoms with Crippen LogP contribution >= 0.6 is 0 Å². The molecule has 194 valence electrons. The maximum atomic E-state index is 13.4. The van der Waals surface area contributed by atoms with E-state index in [0.717, 1.165) is 74.7 Å². The normalized spacial score (nSPS) is 20.5. The van der Waals surface area contributed by atoms with Crippen molar-refractivity contribution in [2.45, 2.75) is 64.8 Å². The number of likely N-dealkylation sites (tertiary alicyclic amines) is 2. The molecule has 3 fully saturated rings. The second kappa shape index (κ2) is 11.0. The summed E-state index contributed by atoms with van der Waals surface area (Å²) in [7, 11) is 0. The maximum Gasteiger partial charge on any atom is 0.225 e. The van der Waals surface area contributed by atoms with Gasteiger partial charge in [0.25, 0.3) is 0 Å². The van der Waals surface area contributed by atoms with Gasteiger partial charge in [0.05, 0.1) is 11.4 Å². The van der Waals surface area contributed by atoms with Crippen LogP contribution in [0.2, 0.25) is 0 Å². The van der Waals surface area contributed by atoms with Crippen LogP contribution in [-0.2, 0) is 9.59 Å². The third kappa shape index (κ3) is 5.28. The number of benzene rings is 1. The Morgan fingerprint density at radius 2 is 1.56 bits per heavy atom. The Hall–Kier alpha value is -2.87. The molecule has 0 spiro atoms. The van der Waals surface area contributed by atoms with Gasteiger partial charge in [-0.05, 0) is 70.7 Å². The van der Waals surface area contributed by atoms with Crippen LogP contribution < -0.4 is 10.2 Å². The van der Waals surface area contributed by atoms with Crippen LogP contribution in [-0.4, -0.2) is 76.7 Å². The van der Waals surface area contributed by atoms with Gasteiger partial charge in [0.1, 0.15) is 5.69 Å². The maximum absolute atomic E-state index is 13.4. The topological polar surface area (TPSA) is 73.7 Å². The summed E-state index contributed by atoms with van der Waals surface area (Å²) in [5.41, 5.74) is 2.51. The minimum absolute atomic E-state index is 0.0752. The number of aryl methyl sites for hydroxylation is 1. The van der Waals surface area contributed by atoms with Gasteiger partial charge in [-0.2, -0.15) is 5.10 Å². The number of aromatic nitrogens is 2. The zero-order valence-corrected chi connectivity index (χ0v) is 21.8. The molecule has 2 amide bonds. The molecule has 3 aliphatic heterocycles. The highest BCUT2D eigenvalue weighted by molar-refractivity contribution is 5.93. The Kier molecular flexibility index (Phi) is 7.60. The number of amides is 2. The number of carbonyl (C=O) groups is 2. The van der Waals surface area contributed by atoms with Crippen molar-refractivity contribution in [3.8, 4) is 5.69 Å². The molecule has 0 aliphatic carbocycles. The van der Waals surface area contributed by atoms with Crippen molar-refractivity contribution in [3.05, 3.63) is 36.0 Å². The third-order valence-electron chi connectivity index (χ3n) is 8.16. The highest BCUT2D eigenvalue weighted by atomic mass is 16.2. The first-order valence-electron chi connectivity index (χ1n) is 13.7. The van der Waals surface area contributed by atoms with E-state index < -0.39 is 0 Å². The van der Waals surface area contributed by atoms with Crippen LogP contribution in [0.5, 0.6) is 0 Å². The van der Waals surface area contributed by atoms with E-state index in [1.54, 1.807) is 0 Å². The molecule has 2 aromatic rings. The minimum atomic E-state index is -0.106. The molecule has 1 aromatic heterocycles. The molecule has 36 heavy (non-hydrogen) atoms. The molecule has 8 nitrogen and oxygen atoms in total. The molecule has 0 unspecified atom stereocenters. The Balaban J connectivity index is 1.24. The Labute approximate surface area is 214 Å². The highest BCUT2D eigenvalue weighted by Gasteiger charge is 2.34. The molecule has 1 aromatic carbocycles. The first-order chi connectivity index (χ1) is 17.5. The minimum Gasteiger partial charge on any atom is -0.355 e. The van der Waals surface area contributed by atoms with Gasteiger partial charge in [-0.3, -0.25) is 9.59 Å². The van der Waals surface area contributed by atoms with Crippen molar-refractivity contribution in [1.82, 2.24) is 19.6 Å². The molecular weight excluding hydrogens is 452 g/mol. The van der Waals surface area contributed by atoms with Gasteiger partial charge >= 0.3 is 0 Å². The van der Waals surface area contributed by atoms with Crippen molar-refractivity contribution in [2.75, 3.05) is 49.5 Å². The number of carbonyl (C=O) groups excluding carboxylic acids is 2. The summed E-state index contributed by atoms with van der Waals surface area (Å²) in [6.45, 7) is 9.25. The lowest BCUT2D eigenvalue weighted by Gasteiger charge is -2.42. The lowest BCUT2D eigenvalue weighted by molar-refractivity contribution is -0.137. The van der Waals surface area contributed by atoms with Crippen LogP contribution in [0, 0.1) is 12.8 Å². The zero-order chi connectivity index (χ0) is 25.1. The number of nitrogens with one attached hydrogen (secondary N) is 1. The van der Waals surface area contributed by atoms with E-state index in [1.165, 1.54) is 39.3 Å². The molecular formula is C28H40N6O2. The average molecular weight is 493 g/mol. The predicted octanol–water partition coefficient (Wildman–Crippen LogP) is 3.83. The van der Waals surface area contributed by atoms with E-state index in [0.29, 0.717) is 11.9 Å². The monoisotopic (exact) mass is 492 g/mol. The van der Waals surface area contributed by atoms with Gasteiger partial charge < -0.3 is 20.0 Å². The number of anilines is 2. The van der Waals surface area contributed by atoms with Crippen molar-refractivity contribution in [3.63, 3.8) is 0 Å². The van der Waals surface area contributed by atoms with E-state index in [4.69, 9.17) is 5.10 Å². The van der Waals surface area contributed by atoms with E-state index in [-0.39, 0.29) is 11.8 Å². The smallest absolute Gasteiger partial charge is 0.225 e. The fourth-order valence-electron chi connectivity index (χ4n) is 6.21. The Bertz CT molecular complexity index is 1050. The molecule has 4 heterocycles. The van der Waals surface area contributed by atoms with Gasteiger partial charge in [-0.1, -0.05) is 24.6 Å². The number of hydrogen-bond donors (Lipinski definition) is 1. The lowest BCUT2D eigenvalue weighted by atomic mass is 9.93. The van der Waals surface area contributed by atoms with Gasteiger partial charge in [0.15, 0.2) is 5.82 Å². The fourth-order valence-corrected chi connectivity index (χ4v) is 6.21. The van der Waals surface area contributed by atoms with E-state index >= 15 is 0 Å². The molecule has 8 heteroatoms. The van der Waals surface area contributed by atoms with Crippen LogP contribution in [0.4, 0.5) is 11.5 Å². The van der Waals surface area contributed by atoms with Gasteiger partial charge in [-0.15, -0.1) is 0 Å². The molecule has 1 N–H and O–H groups in total. The zero-order valence-electron chi connectivity index (χ0n) is 21.8. The summed E-state index contributed by atoms with van der Waals surface area (Å²) in [6, 6.07) is 10.7. The number of piperidine rings is 3. The molecule has 5 rings (SSSR count). The van der Waals surface area contributed by atoms with E-state index in [2.05, 4.69) is 20.0 Å². The summed E-state index contributed by atoms with van der Waals surface area (Å²) in [4.78, 5) is 32.4. The highest BCUT2D eigenvalue weighted by Crippen LogP contribution is 2.35. The van der Waals surface area contributed by atoms with E-state index in [9.17, 15) is 9.59 Å². The molecule has 0 bridgehead atoms. The summed E-state index contributed by atoms with van der Waals surface area (Å²) in [5, 5.41) is 7.77. The molecule has 0 atom stereocenters. The number of hydrogen-bond acceptors (Lipinski definition) is 5.